The monoisotopic (exact) mass is 301 g/mol. The fourth-order valence-corrected chi connectivity index (χ4v) is 1.46. The van der Waals surface area contributed by atoms with Gasteiger partial charge in [0.05, 0.1) is 10.7 Å². The van der Waals surface area contributed by atoms with Crippen LogP contribution >= 0.6 is 11.6 Å². The van der Waals surface area contributed by atoms with Crippen molar-refractivity contribution in [2.75, 3.05) is 11.9 Å². The Labute approximate surface area is 121 Å². The summed E-state index contributed by atoms with van der Waals surface area (Å²) in [6.07, 6.45) is -0.626. The van der Waals surface area contributed by atoms with Gasteiger partial charge in [-0.25, -0.2) is 9.59 Å². The number of hydrogen-bond acceptors (Lipinski definition) is 4. The van der Waals surface area contributed by atoms with Crippen molar-refractivity contribution in [2.45, 2.75) is 26.4 Å². The summed E-state index contributed by atoms with van der Waals surface area (Å²) in [5.41, 5.74) is -0.259. The molecule has 0 unspecified atom stereocenters. The van der Waals surface area contributed by atoms with E-state index in [2.05, 4.69) is 5.32 Å². The fourth-order valence-electron chi connectivity index (χ4n) is 1.25. The Hall–Kier alpha value is -1.95. The van der Waals surface area contributed by atoms with Gasteiger partial charge in [0.1, 0.15) is 11.4 Å². The summed E-state index contributed by atoms with van der Waals surface area (Å²) < 4.78 is 10.0. The largest absolute Gasteiger partial charge is 0.482 e. The number of ether oxygens (including phenoxy) is 2. The molecule has 0 aliphatic heterocycles. The molecule has 0 spiro atoms. The highest BCUT2D eigenvalue weighted by Crippen LogP contribution is 2.27. The molecule has 0 heterocycles. The number of anilines is 1. The lowest BCUT2D eigenvalue weighted by atomic mass is 10.2. The standard InChI is InChI=1S/C13H16ClNO5/c1-13(2,3)20-12(18)15-10-5-4-8(6-9(10)14)19-7-11(16)17/h4-6H,7H2,1-3H3,(H,15,18)(H,16,17). The summed E-state index contributed by atoms with van der Waals surface area (Å²) >= 11 is 5.96. The third-order valence-corrected chi connectivity index (χ3v) is 2.25. The zero-order valence-corrected chi connectivity index (χ0v) is 12.2. The Balaban J connectivity index is 2.68. The van der Waals surface area contributed by atoms with E-state index in [1.165, 1.54) is 18.2 Å². The van der Waals surface area contributed by atoms with Crippen LogP contribution in [0.3, 0.4) is 0 Å². The number of halogens is 1. The quantitative estimate of drug-likeness (QED) is 0.892. The van der Waals surface area contributed by atoms with Crippen LogP contribution in [0.2, 0.25) is 5.02 Å². The summed E-state index contributed by atoms with van der Waals surface area (Å²) in [5.74, 6) is -0.788. The lowest BCUT2D eigenvalue weighted by Crippen LogP contribution is -2.27. The average molecular weight is 302 g/mol. The average Bonchev–Trinajstić information content (AvgIpc) is 2.27. The summed E-state index contributed by atoms with van der Waals surface area (Å²) in [6.45, 7) is 4.78. The Morgan fingerprint density at radius 1 is 1.35 bits per heavy atom. The topological polar surface area (TPSA) is 84.9 Å². The molecule has 0 atom stereocenters. The summed E-state index contributed by atoms with van der Waals surface area (Å²) in [7, 11) is 0. The van der Waals surface area contributed by atoms with Gasteiger partial charge in [0.15, 0.2) is 6.61 Å². The van der Waals surface area contributed by atoms with Crippen LogP contribution in [0, 0.1) is 0 Å². The van der Waals surface area contributed by atoms with Gasteiger partial charge in [-0.05, 0) is 32.9 Å². The summed E-state index contributed by atoms with van der Waals surface area (Å²) in [5, 5.41) is 11.2. The van der Waals surface area contributed by atoms with E-state index in [-0.39, 0.29) is 5.02 Å². The molecular formula is C13H16ClNO5. The molecule has 7 heteroatoms. The SMILES string of the molecule is CC(C)(C)OC(=O)Nc1ccc(OCC(=O)O)cc1Cl. The maximum atomic E-state index is 11.6. The van der Waals surface area contributed by atoms with Crippen molar-refractivity contribution < 1.29 is 24.2 Å². The molecule has 1 amide bonds. The third kappa shape index (κ3) is 5.79. The number of carbonyl (C=O) groups is 2. The third-order valence-electron chi connectivity index (χ3n) is 1.94. The number of amides is 1. The number of aliphatic carboxylic acids is 1. The van der Waals surface area contributed by atoms with E-state index in [9.17, 15) is 9.59 Å². The smallest absolute Gasteiger partial charge is 0.412 e. The Bertz CT molecular complexity index is 510. The van der Waals surface area contributed by atoms with Gasteiger partial charge in [-0.15, -0.1) is 0 Å². The Morgan fingerprint density at radius 3 is 2.50 bits per heavy atom. The van der Waals surface area contributed by atoms with Gasteiger partial charge in [0.2, 0.25) is 0 Å². The van der Waals surface area contributed by atoms with E-state index in [0.29, 0.717) is 11.4 Å². The first-order valence-electron chi connectivity index (χ1n) is 5.81. The maximum Gasteiger partial charge on any atom is 0.412 e. The van der Waals surface area contributed by atoms with Gasteiger partial charge in [-0.3, -0.25) is 5.32 Å². The minimum Gasteiger partial charge on any atom is -0.482 e. The molecule has 0 aliphatic carbocycles. The van der Waals surface area contributed by atoms with Crippen LogP contribution in [0.5, 0.6) is 5.75 Å². The van der Waals surface area contributed by atoms with Crippen LogP contribution in [0.1, 0.15) is 20.8 Å². The van der Waals surface area contributed by atoms with Gasteiger partial charge in [-0.2, -0.15) is 0 Å². The van der Waals surface area contributed by atoms with Crippen molar-refractivity contribution in [3.05, 3.63) is 23.2 Å². The van der Waals surface area contributed by atoms with Crippen LogP contribution in [-0.4, -0.2) is 29.4 Å². The lowest BCUT2D eigenvalue weighted by molar-refractivity contribution is -0.139. The number of carboxylic acids is 1. The normalized spacial score (nSPS) is 10.8. The van der Waals surface area contributed by atoms with Gasteiger partial charge in [-0.1, -0.05) is 11.6 Å². The van der Waals surface area contributed by atoms with Gasteiger partial charge < -0.3 is 14.6 Å². The molecule has 2 N–H and O–H groups in total. The molecule has 0 saturated heterocycles. The fraction of sp³-hybridized carbons (Fsp3) is 0.385. The number of hydrogen-bond donors (Lipinski definition) is 2. The molecule has 0 fully saturated rings. The molecule has 110 valence electrons. The first kappa shape index (κ1) is 16.1. The van der Waals surface area contributed by atoms with Crippen molar-refractivity contribution in [1.29, 1.82) is 0 Å². The van der Waals surface area contributed by atoms with Crippen molar-refractivity contribution in [2.24, 2.45) is 0 Å². The summed E-state index contributed by atoms with van der Waals surface area (Å²) in [6, 6.07) is 4.42. The summed E-state index contributed by atoms with van der Waals surface area (Å²) in [4.78, 5) is 22.0. The van der Waals surface area contributed by atoms with Gasteiger partial charge in [0.25, 0.3) is 0 Å². The van der Waals surface area contributed by atoms with Crippen LogP contribution in [0.15, 0.2) is 18.2 Å². The molecule has 0 saturated carbocycles. The van der Waals surface area contributed by atoms with Crippen LogP contribution in [-0.2, 0) is 9.53 Å². The highest BCUT2D eigenvalue weighted by atomic mass is 35.5. The molecule has 0 aliphatic rings. The molecule has 1 aromatic carbocycles. The molecular weight excluding hydrogens is 286 g/mol. The molecule has 0 aromatic heterocycles. The van der Waals surface area contributed by atoms with E-state index < -0.39 is 24.3 Å². The highest BCUT2D eigenvalue weighted by molar-refractivity contribution is 6.33. The highest BCUT2D eigenvalue weighted by Gasteiger charge is 2.17. The molecule has 20 heavy (non-hydrogen) atoms. The van der Waals surface area contributed by atoms with Crippen molar-refractivity contribution in [3.63, 3.8) is 0 Å². The minimum absolute atomic E-state index is 0.221. The Kier molecular flexibility index (Phi) is 5.21. The molecule has 6 nitrogen and oxygen atoms in total. The second kappa shape index (κ2) is 6.47. The molecule has 1 rings (SSSR count). The van der Waals surface area contributed by atoms with E-state index in [1.807, 2.05) is 0 Å². The van der Waals surface area contributed by atoms with Gasteiger partial charge in [0, 0.05) is 6.07 Å². The first-order chi connectivity index (χ1) is 9.17. The van der Waals surface area contributed by atoms with E-state index >= 15 is 0 Å². The van der Waals surface area contributed by atoms with Crippen LogP contribution < -0.4 is 10.1 Å². The van der Waals surface area contributed by atoms with E-state index in [4.69, 9.17) is 26.2 Å². The maximum absolute atomic E-state index is 11.6. The van der Waals surface area contributed by atoms with Crippen molar-refractivity contribution >= 4 is 29.4 Å². The van der Waals surface area contributed by atoms with E-state index in [0.717, 1.165) is 0 Å². The first-order valence-corrected chi connectivity index (χ1v) is 6.19. The number of rotatable bonds is 4. The van der Waals surface area contributed by atoms with Crippen LogP contribution in [0.25, 0.3) is 0 Å². The predicted octanol–water partition coefficient (Wildman–Crippen LogP) is 3.15. The predicted molar refractivity (Wildman–Crippen MR) is 74.4 cm³/mol. The van der Waals surface area contributed by atoms with E-state index in [1.54, 1.807) is 20.8 Å². The molecule has 0 bridgehead atoms. The second-order valence-electron chi connectivity index (χ2n) is 4.95. The molecule has 1 aromatic rings. The lowest BCUT2D eigenvalue weighted by Gasteiger charge is -2.20. The van der Waals surface area contributed by atoms with Crippen molar-refractivity contribution in [3.8, 4) is 5.75 Å². The zero-order chi connectivity index (χ0) is 15.3. The molecule has 0 radical (unpaired) electrons. The van der Waals surface area contributed by atoms with Gasteiger partial charge >= 0.3 is 12.1 Å². The number of benzene rings is 1. The van der Waals surface area contributed by atoms with Crippen LogP contribution in [0.4, 0.5) is 10.5 Å². The number of nitrogens with one attached hydrogen (secondary N) is 1. The number of carbonyl (C=O) groups excluding carboxylic acids is 1. The minimum atomic E-state index is -1.09. The zero-order valence-electron chi connectivity index (χ0n) is 11.4. The second-order valence-corrected chi connectivity index (χ2v) is 5.36. The number of carboxylic acid groups (broad SMARTS) is 1. The van der Waals surface area contributed by atoms with Crippen molar-refractivity contribution in [1.82, 2.24) is 0 Å². The Morgan fingerprint density at radius 2 is 2.00 bits per heavy atom.